The molecule has 0 aliphatic carbocycles. The molecule has 5 nitrogen and oxygen atoms in total. The van der Waals surface area contributed by atoms with Gasteiger partial charge in [0, 0.05) is 16.3 Å². The van der Waals surface area contributed by atoms with Crippen LogP contribution < -0.4 is 5.32 Å². The minimum absolute atomic E-state index is 0.155. The largest absolute Gasteiger partial charge is 0.411 e. The molecule has 2 aromatic carbocycles. The average Bonchev–Trinajstić information content (AvgIpc) is 3.04. The van der Waals surface area contributed by atoms with Crippen molar-refractivity contribution >= 4 is 35.0 Å². The van der Waals surface area contributed by atoms with Gasteiger partial charge in [-0.15, -0.1) is 10.2 Å². The van der Waals surface area contributed by atoms with Crippen LogP contribution in [0.5, 0.6) is 0 Å². The van der Waals surface area contributed by atoms with E-state index in [4.69, 9.17) is 16.0 Å². The van der Waals surface area contributed by atoms with E-state index in [-0.39, 0.29) is 11.7 Å². The number of anilines is 1. The van der Waals surface area contributed by atoms with Crippen LogP contribution in [0.1, 0.15) is 5.56 Å². The van der Waals surface area contributed by atoms with Gasteiger partial charge in [-0.1, -0.05) is 41.1 Å². The Morgan fingerprint density at radius 1 is 1.21 bits per heavy atom. The summed E-state index contributed by atoms with van der Waals surface area (Å²) in [6.07, 6.45) is 0. The molecule has 1 amide bonds. The number of halogens is 1. The van der Waals surface area contributed by atoms with Crippen LogP contribution in [0.2, 0.25) is 5.02 Å². The minimum atomic E-state index is -0.155. The average molecular weight is 360 g/mol. The van der Waals surface area contributed by atoms with E-state index < -0.39 is 0 Å². The molecule has 0 aliphatic rings. The van der Waals surface area contributed by atoms with Crippen LogP contribution in [0.3, 0.4) is 0 Å². The molecule has 7 heteroatoms. The lowest BCUT2D eigenvalue weighted by Gasteiger charge is -2.03. The summed E-state index contributed by atoms with van der Waals surface area (Å²) in [6, 6.07) is 14.7. The first-order valence-electron chi connectivity index (χ1n) is 7.19. The van der Waals surface area contributed by atoms with Gasteiger partial charge < -0.3 is 9.73 Å². The lowest BCUT2D eigenvalue weighted by atomic mass is 10.1. The van der Waals surface area contributed by atoms with Crippen LogP contribution in [0, 0.1) is 6.92 Å². The van der Waals surface area contributed by atoms with Gasteiger partial charge in [0.05, 0.1) is 5.75 Å². The number of nitrogens with one attached hydrogen (secondary N) is 1. The first-order valence-corrected chi connectivity index (χ1v) is 8.55. The second-order valence-corrected chi connectivity index (χ2v) is 6.45. The molecule has 0 fully saturated rings. The molecule has 0 bridgehead atoms. The van der Waals surface area contributed by atoms with E-state index in [1.54, 1.807) is 24.3 Å². The van der Waals surface area contributed by atoms with Crippen molar-refractivity contribution in [2.45, 2.75) is 12.1 Å². The van der Waals surface area contributed by atoms with Crippen molar-refractivity contribution in [1.82, 2.24) is 10.2 Å². The summed E-state index contributed by atoms with van der Waals surface area (Å²) in [5, 5.41) is 11.7. The molecule has 3 rings (SSSR count). The highest BCUT2D eigenvalue weighted by molar-refractivity contribution is 7.99. The Bertz CT molecular complexity index is 849. The van der Waals surface area contributed by atoms with Crippen molar-refractivity contribution in [1.29, 1.82) is 0 Å². The molecular weight excluding hydrogens is 346 g/mol. The zero-order valence-electron chi connectivity index (χ0n) is 12.8. The van der Waals surface area contributed by atoms with Gasteiger partial charge in [-0.3, -0.25) is 4.79 Å². The normalized spacial score (nSPS) is 10.6. The quantitative estimate of drug-likeness (QED) is 0.682. The van der Waals surface area contributed by atoms with Crippen LogP contribution in [-0.4, -0.2) is 21.9 Å². The summed E-state index contributed by atoms with van der Waals surface area (Å²) >= 11 is 7.00. The number of hydrogen-bond donors (Lipinski definition) is 1. The van der Waals surface area contributed by atoms with Crippen molar-refractivity contribution in [3.05, 3.63) is 59.1 Å². The molecule has 0 aliphatic heterocycles. The Kier molecular flexibility index (Phi) is 5.17. The number of benzene rings is 2. The molecular formula is C17H14ClN3O2S. The van der Waals surface area contributed by atoms with E-state index in [1.165, 1.54) is 11.8 Å². The predicted molar refractivity (Wildman–Crippen MR) is 95.3 cm³/mol. The monoisotopic (exact) mass is 359 g/mol. The van der Waals surface area contributed by atoms with Gasteiger partial charge >= 0.3 is 0 Å². The van der Waals surface area contributed by atoms with Crippen molar-refractivity contribution in [3.63, 3.8) is 0 Å². The first-order chi connectivity index (χ1) is 11.6. The highest BCUT2D eigenvalue weighted by Crippen LogP contribution is 2.24. The molecule has 1 heterocycles. The third kappa shape index (κ3) is 4.37. The summed E-state index contributed by atoms with van der Waals surface area (Å²) in [6.45, 7) is 2.00. The molecule has 24 heavy (non-hydrogen) atoms. The molecule has 0 radical (unpaired) electrons. The van der Waals surface area contributed by atoms with Crippen LogP contribution in [0.15, 0.2) is 58.2 Å². The van der Waals surface area contributed by atoms with Crippen LogP contribution in [0.25, 0.3) is 11.5 Å². The summed E-state index contributed by atoms with van der Waals surface area (Å²) in [5.41, 5.74) is 2.66. The van der Waals surface area contributed by atoms with Crippen LogP contribution in [0.4, 0.5) is 5.69 Å². The van der Waals surface area contributed by atoms with Crippen molar-refractivity contribution in [3.8, 4) is 11.5 Å². The number of carbonyl (C=O) groups is 1. The molecule has 1 N–H and O–H groups in total. The summed E-state index contributed by atoms with van der Waals surface area (Å²) < 4.78 is 5.58. The SMILES string of the molecule is Cc1cccc(-c2nnc(SCC(=O)Nc3ccc(Cl)cc3)o2)c1. The van der Waals surface area contributed by atoms with Crippen LogP contribution in [-0.2, 0) is 4.79 Å². The van der Waals surface area contributed by atoms with Gasteiger partial charge in [0.25, 0.3) is 5.22 Å². The van der Waals surface area contributed by atoms with Gasteiger partial charge in [-0.2, -0.15) is 0 Å². The summed E-state index contributed by atoms with van der Waals surface area (Å²) in [5.74, 6) is 0.467. The second kappa shape index (κ2) is 7.51. The smallest absolute Gasteiger partial charge is 0.277 e. The minimum Gasteiger partial charge on any atom is -0.411 e. The van der Waals surface area contributed by atoms with Gasteiger partial charge in [0.15, 0.2) is 0 Å². The number of aromatic nitrogens is 2. The van der Waals surface area contributed by atoms with E-state index in [9.17, 15) is 4.79 Å². The Morgan fingerprint density at radius 3 is 2.75 bits per heavy atom. The number of nitrogens with zero attached hydrogens (tertiary/aromatic N) is 2. The van der Waals surface area contributed by atoms with Gasteiger partial charge in [-0.05, 0) is 43.3 Å². The highest BCUT2D eigenvalue weighted by Gasteiger charge is 2.11. The third-order valence-corrected chi connectivity index (χ3v) is 4.20. The molecule has 122 valence electrons. The lowest BCUT2D eigenvalue weighted by molar-refractivity contribution is -0.113. The second-order valence-electron chi connectivity index (χ2n) is 5.09. The van der Waals surface area contributed by atoms with Gasteiger partial charge in [-0.25, -0.2) is 0 Å². The maximum Gasteiger partial charge on any atom is 0.277 e. The number of hydrogen-bond acceptors (Lipinski definition) is 5. The number of thioether (sulfide) groups is 1. The van der Waals surface area contributed by atoms with E-state index in [0.717, 1.165) is 11.1 Å². The fourth-order valence-electron chi connectivity index (χ4n) is 2.02. The molecule has 0 unspecified atom stereocenters. The number of aryl methyl sites for hydroxylation is 1. The Hall–Kier alpha value is -2.31. The van der Waals surface area contributed by atoms with Crippen molar-refractivity contribution in [2.75, 3.05) is 11.1 Å². The van der Waals surface area contributed by atoms with Crippen LogP contribution >= 0.6 is 23.4 Å². The van der Waals surface area contributed by atoms with E-state index in [0.29, 0.717) is 21.8 Å². The Morgan fingerprint density at radius 2 is 2.00 bits per heavy atom. The fraction of sp³-hybridized carbons (Fsp3) is 0.118. The van der Waals surface area contributed by atoms with Gasteiger partial charge in [0.1, 0.15) is 0 Å². The third-order valence-electron chi connectivity index (χ3n) is 3.13. The molecule has 0 saturated heterocycles. The lowest BCUT2D eigenvalue weighted by Crippen LogP contribution is -2.13. The number of amides is 1. The Labute approximate surface area is 148 Å². The van der Waals surface area contributed by atoms with Crippen molar-refractivity contribution in [2.24, 2.45) is 0 Å². The maximum atomic E-state index is 11.9. The molecule has 1 aromatic heterocycles. The molecule has 0 atom stereocenters. The molecule has 3 aromatic rings. The summed E-state index contributed by atoms with van der Waals surface area (Å²) in [4.78, 5) is 11.9. The standard InChI is InChI=1S/C17H14ClN3O2S/c1-11-3-2-4-12(9-11)16-20-21-17(23-16)24-10-15(22)19-14-7-5-13(18)6-8-14/h2-9H,10H2,1H3,(H,19,22). The van der Waals surface area contributed by atoms with E-state index in [1.807, 2.05) is 31.2 Å². The number of rotatable bonds is 5. The highest BCUT2D eigenvalue weighted by atomic mass is 35.5. The zero-order valence-corrected chi connectivity index (χ0v) is 14.4. The molecule has 0 spiro atoms. The topological polar surface area (TPSA) is 68.0 Å². The number of carbonyl (C=O) groups excluding carboxylic acids is 1. The fourth-order valence-corrected chi connectivity index (χ4v) is 2.71. The van der Waals surface area contributed by atoms with E-state index in [2.05, 4.69) is 15.5 Å². The molecule has 0 saturated carbocycles. The maximum absolute atomic E-state index is 11.9. The predicted octanol–water partition coefficient (Wildman–Crippen LogP) is 4.43. The Balaban J connectivity index is 1.57. The van der Waals surface area contributed by atoms with Crippen molar-refractivity contribution < 1.29 is 9.21 Å². The first kappa shape index (κ1) is 16.5. The van der Waals surface area contributed by atoms with E-state index >= 15 is 0 Å². The van der Waals surface area contributed by atoms with Gasteiger partial charge in [0.2, 0.25) is 11.8 Å². The summed E-state index contributed by atoms with van der Waals surface area (Å²) in [7, 11) is 0. The zero-order chi connectivity index (χ0) is 16.9.